The highest BCUT2D eigenvalue weighted by Gasteiger charge is 2.27. The molecule has 0 bridgehead atoms. The van der Waals surface area contributed by atoms with E-state index in [9.17, 15) is 9.59 Å². The van der Waals surface area contributed by atoms with Crippen molar-refractivity contribution in [2.75, 3.05) is 6.54 Å². The van der Waals surface area contributed by atoms with Crippen LogP contribution in [0.15, 0.2) is 30.3 Å². The van der Waals surface area contributed by atoms with Gasteiger partial charge < -0.3 is 10.2 Å². The van der Waals surface area contributed by atoms with Crippen LogP contribution < -0.4 is 5.32 Å². The van der Waals surface area contributed by atoms with Crippen LogP contribution in [0.25, 0.3) is 0 Å². The number of carbonyl (C=O) groups is 2. The summed E-state index contributed by atoms with van der Waals surface area (Å²) in [5, 5.41) is 7.53. The summed E-state index contributed by atoms with van der Waals surface area (Å²) in [7, 11) is 0. The van der Waals surface area contributed by atoms with Gasteiger partial charge in [0.15, 0.2) is 5.69 Å². The summed E-state index contributed by atoms with van der Waals surface area (Å²) >= 11 is 0. The van der Waals surface area contributed by atoms with E-state index in [4.69, 9.17) is 0 Å². The molecule has 6 nitrogen and oxygen atoms in total. The Morgan fingerprint density at radius 2 is 1.96 bits per heavy atom. The molecule has 1 saturated carbocycles. The van der Waals surface area contributed by atoms with Crippen LogP contribution in [-0.4, -0.2) is 39.1 Å². The minimum absolute atomic E-state index is 0.0526. The number of fused-ring (bicyclic) bond motifs is 1. The van der Waals surface area contributed by atoms with Crippen LogP contribution in [0.4, 0.5) is 0 Å². The van der Waals surface area contributed by atoms with Crippen LogP contribution in [0.2, 0.25) is 0 Å². The zero-order valence-electron chi connectivity index (χ0n) is 16.5. The van der Waals surface area contributed by atoms with Crippen molar-refractivity contribution in [3.8, 4) is 0 Å². The fourth-order valence-corrected chi connectivity index (χ4v) is 4.23. The van der Waals surface area contributed by atoms with E-state index < -0.39 is 0 Å². The van der Waals surface area contributed by atoms with E-state index in [2.05, 4.69) is 29.5 Å². The monoisotopic (exact) mass is 380 g/mol. The number of rotatable bonds is 4. The van der Waals surface area contributed by atoms with Crippen molar-refractivity contribution >= 4 is 11.8 Å². The lowest BCUT2D eigenvalue weighted by Crippen LogP contribution is -2.36. The number of aromatic nitrogens is 2. The third kappa shape index (κ3) is 4.11. The van der Waals surface area contributed by atoms with Gasteiger partial charge in [0.05, 0.1) is 0 Å². The predicted octanol–water partition coefficient (Wildman–Crippen LogP) is 3.30. The largest absolute Gasteiger partial charge is 0.348 e. The van der Waals surface area contributed by atoms with Crippen LogP contribution in [0.1, 0.15) is 70.6 Å². The minimum Gasteiger partial charge on any atom is -0.348 e. The predicted molar refractivity (Wildman–Crippen MR) is 107 cm³/mol. The molecular weight excluding hydrogens is 352 g/mol. The number of nitrogens with one attached hydrogen (secondary N) is 1. The smallest absolute Gasteiger partial charge is 0.272 e. The maximum absolute atomic E-state index is 13.1. The summed E-state index contributed by atoms with van der Waals surface area (Å²) in [5.74, 6) is -0.214. The average molecular weight is 380 g/mol. The molecule has 6 heteroatoms. The molecule has 0 saturated heterocycles. The van der Waals surface area contributed by atoms with Crippen molar-refractivity contribution in [2.45, 2.75) is 64.6 Å². The molecule has 148 valence electrons. The third-order valence-electron chi connectivity index (χ3n) is 5.71. The molecule has 2 heterocycles. The van der Waals surface area contributed by atoms with Gasteiger partial charge in [-0.2, -0.15) is 5.10 Å². The van der Waals surface area contributed by atoms with Gasteiger partial charge in [0.25, 0.3) is 11.8 Å². The topological polar surface area (TPSA) is 67.2 Å². The summed E-state index contributed by atoms with van der Waals surface area (Å²) in [4.78, 5) is 27.6. The number of amides is 2. The van der Waals surface area contributed by atoms with Crippen LogP contribution in [0, 0.1) is 6.92 Å². The van der Waals surface area contributed by atoms with Gasteiger partial charge in [0, 0.05) is 31.7 Å². The highest BCUT2D eigenvalue weighted by atomic mass is 16.2. The zero-order valence-corrected chi connectivity index (χ0v) is 16.5. The van der Waals surface area contributed by atoms with E-state index >= 15 is 0 Å². The van der Waals surface area contributed by atoms with E-state index in [1.165, 1.54) is 12.0 Å². The number of benzene rings is 1. The van der Waals surface area contributed by atoms with Crippen LogP contribution >= 0.6 is 0 Å². The average Bonchev–Trinajstić information content (AvgIpc) is 3.06. The molecule has 2 aliphatic rings. The highest BCUT2D eigenvalue weighted by Crippen LogP contribution is 2.20. The van der Waals surface area contributed by atoms with Crippen molar-refractivity contribution in [3.05, 3.63) is 52.8 Å². The van der Waals surface area contributed by atoms with Gasteiger partial charge in [-0.25, -0.2) is 0 Å². The van der Waals surface area contributed by atoms with Crippen molar-refractivity contribution in [2.24, 2.45) is 0 Å². The molecule has 0 spiro atoms. The number of nitrogens with zero attached hydrogens (tertiary/aromatic N) is 3. The van der Waals surface area contributed by atoms with Crippen LogP contribution in [0.3, 0.4) is 0 Å². The van der Waals surface area contributed by atoms with Crippen molar-refractivity contribution in [1.82, 2.24) is 20.0 Å². The lowest BCUT2D eigenvalue weighted by Gasteiger charge is -2.22. The first-order valence-corrected chi connectivity index (χ1v) is 10.3. The Labute approximate surface area is 165 Å². The number of carbonyl (C=O) groups excluding carboxylic acids is 2. The molecule has 1 aromatic carbocycles. The molecule has 1 aliphatic carbocycles. The van der Waals surface area contributed by atoms with Gasteiger partial charge in [-0.05, 0) is 31.7 Å². The maximum atomic E-state index is 13.1. The van der Waals surface area contributed by atoms with E-state index in [1.54, 1.807) is 10.7 Å². The van der Waals surface area contributed by atoms with E-state index in [1.807, 2.05) is 17.0 Å². The van der Waals surface area contributed by atoms with E-state index in [0.29, 0.717) is 31.0 Å². The lowest BCUT2D eigenvalue weighted by atomic mass is 9.95. The SMILES string of the molecule is Cc1cccc(CN2CCCn3nc(C(=O)NC4CCCCC4)cc3C2=O)c1. The fraction of sp³-hybridized carbons (Fsp3) is 0.500. The number of aryl methyl sites for hydroxylation is 2. The Balaban J connectivity index is 1.49. The highest BCUT2D eigenvalue weighted by molar-refractivity contribution is 5.98. The minimum atomic E-state index is -0.162. The Hall–Kier alpha value is -2.63. The van der Waals surface area contributed by atoms with Gasteiger partial charge in [-0.1, -0.05) is 49.1 Å². The van der Waals surface area contributed by atoms with Crippen LogP contribution in [0.5, 0.6) is 0 Å². The molecule has 2 amide bonds. The molecule has 1 fully saturated rings. The third-order valence-corrected chi connectivity index (χ3v) is 5.71. The Kier molecular flexibility index (Phi) is 5.46. The van der Waals surface area contributed by atoms with Crippen molar-refractivity contribution < 1.29 is 9.59 Å². The molecule has 2 aromatic rings. The first-order valence-electron chi connectivity index (χ1n) is 10.3. The number of hydrogen-bond donors (Lipinski definition) is 1. The van der Waals surface area contributed by atoms with Gasteiger partial charge in [-0.15, -0.1) is 0 Å². The molecule has 0 radical (unpaired) electrons. The molecule has 1 aliphatic heterocycles. The first-order chi connectivity index (χ1) is 13.6. The Bertz CT molecular complexity index is 867. The molecule has 1 N–H and O–H groups in total. The summed E-state index contributed by atoms with van der Waals surface area (Å²) < 4.78 is 1.70. The van der Waals surface area contributed by atoms with Crippen LogP contribution in [-0.2, 0) is 13.1 Å². The summed E-state index contributed by atoms with van der Waals surface area (Å²) in [6.45, 7) is 3.98. The molecule has 4 rings (SSSR count). The second-order valence-corrected chi connectivity index (χ2v) is 8.02. The maximum Gasteiger partial charge on any atom is 0.272 e. The second kappa shape index (κ2) is 8.17. The standard InChI is InChI=1S/C22H28N4O2/c1-16-7-5-8-17(13-16)15-25-11-6-12-26-20(22(25)28)14-19(24-26)21(27)23-18-9-3-2-4-10-18/h5,7-8,13-14,18H,2-4,6,9-12,15H2,1H3,(H,23,27). The van der Waals surface area contributed by atoms with Gasteiger partial charge in [0.1, 0.15) is 5.69 Å². The second-order valence-electron chi connectivity index (χ2n) is 8.02. The van der Waals surface area contributed by atoms with Gasteiger partial charge in [-0.3, -0.25) is 14.3 Å². The zero-order chi connectivity index (χ0) is 19.5. The van der Waals surface area contributed by atoms with E-state index in [-0.39, 0.29) is 17.9 Å². The summed E-state index contributed by atoms with van der Waals surface area (Å²) in [6, 6.07) is 10.1. The molecule has 0 atom stereocenters. The fourth-order valence-electron chi connectivity index (χ4n) is 4.23. The first kappa shape index (κ1) is 18.7. The molecular formula is C22H28N4O2. The lowest BCUT2D eigenvalue weighted by molar-refractivity contribution is 0.0745. The Morgan fingerprint density at radius 3 is 2.75 bits per heavy atom. The quantitative estimate of drug-likeness (QED) is 0.885. The molecule has 28 heavy (non-hydrogen) atoms. The van der Waals surface area contributed by atoms with Gasteiger partial charge >= 0.3 is 0 Å². The van der Waals surface area contributed by atoms with Gasteiger partial charge in [0.2, 0.25) is 0 Å². The summed E-state index contributed by atoms with van der Waals surface area (Å²) in [5.41, 5.74) is 3.17. The summed E-state index contributed by atoms with van der Waals surface area (Å²) in [6.07, 6.45) is 6.46. The van der Waals surface area contributed by atoms with E-state index in [0.717, 1.165) is 37.7 Å². The van der Waals surface area contributed by atoms with Crippen molar-refractivity contribution in [1.29, 1.82) is 0 Å². The van der Waals surface area contributed by atoms with Crippen molar-refractivity contribution in [3.63, 3.8) is 0 Å². The normalized spacial score (nSPS) is 17.9. The molecule has 0 unspecified atom stereocenters. The number of hydrogen-bond acceptors (Lipinski definition) is 3. The molecule has 1 aromatic heterocycles. The Morgan fingerprint density at radius 1 is 1.14 bits per heavy atom.